The quantitative estimate of drug-likeness (QED) is 0.418. The van der Waals surface area contributed by atoms with Crippen LogP contribution < -0.4 is 0 Å². The molecule has 0 saturated heterocycles. The van der Waals surface area contributed by atoms with Crippen LogP contribution in [0.2, 0.25) is 0 Å². The van der Waals surface area contributed by atoms with Gasteiger partial charge in [-0.2, -0.15) is 0 Å². The Hall–Kier alpha value is -0.940. The lowest BCUT2D eigenvalue weighted by Gasteiger charge is -1.84. The van der Waals surface area contributed by atoms with Crippen LogP contribution in [0.4, 0.5) is 0 Å². The van der Waals surface area contributed by atoms with Crippen molar-refractivity contribution in [2.24, 2.45) is 0 Å². The summed E-state index contributed by atoms with van der Waals surface area (Å²) in [6.07, 6.45) is 4.12. The zero-order valence-electron chi connectivity index (χ0n) is 6.93. The van der Waals surface area contributed by atoms with Gasteiger partial charge in [0.05, 0.1) is 0 Å². The third-order valence-electron chi connectivity index (χ3n) is 1.16. The SMILES string of the molecule is CCCCC#C/C=C(/Cl)C(=O)O. The van der Waals surface area contributed by atoms with Gasteiger partial charge in [0.2, 0.25) is 0 Å². The van der Waals surface area contributed by atoms with Crippen LogP contribution in [0.25, 0.3) is 0 Å². The minimum Gasteiger partial charge on any atom is -0.477 e. The molecule has 0 rings (SSSR count). The van der Waals surface area contributed by atoms with E-state index in [4.69, 9.17) is 16.7 Å². The monoisotopic (exact) mass is 186 g/mol. The molecule has 2 nitrogen and oxygen atoms in total. The van der Waals surface area contributed by atoms with Gasteiger partial charge in [0.25, 0.3) is 0 Å². The topological polar surface area (TPSA) is 37.3 Å². The number of hydrogen-bond donors (Lipinski definition) is 1. The van der Waals surface area contributed by atoms with E-state index in [0.29, 0.717) is 0 Å². The number of unbranched alkanes of at least 4 members (excludes halogenated alkanes) is 2. The highest BCUT2D eigenvalue weighted by atomic mass is 35.5. The van der Waals surface area contributed by atoms with Crippen LogP contribution in [0, 0.1) is 11.8 Å². The van der Waals surface area contributed by atoms with Crippen molar-refractivity contribution >= 4 is 17.6 Å². The van der Waals surface area contributed by atoms with Crippen molar-refractivity contribution in [3.63, 3.8) is 0 Å². The number of carboxylic acid groups (broad SMARTS) is 1. The van der Waals surface area contributed by atoms with Crippen LogP contribution in [0.15, 0.2) is 11.1 Å². The van der Waals surface area contributed by atoms with Crippen LogP contribution in [0.5, 0.6) is 0 Å². The second-order valence-corrected chi connectivity index (χ2v) is 2.63. The van der Waals surface area contributed by atoms with Gasteiger partial charge in [-0.15, -0.1) is 0 Å². The lowest BCUT2D eigenvalue weighted by atomic mass is 10.2. The Balaban J connectivity index is 3.82. The summed E-state index contributed by atoms with van der Waals surface area (Å²) in [4.78, 5) is 10.2. The summed E-state index contributed by atoms with van der Waals surface area (Å²) in [5.41, 5.74) is 0. The summed E-state index contributed by atoms with van der Waals surface area (Å²) in [7, 11) is 0. The molecule has 0 heterocycles. The molecule has 3 heteroatoms. The van der Waals surface area contributed by atoms with Crippen molar-refractivity contribution in [3.05, 3.63) is 11.1 Å². The van der Waals surface area contributed by atoms with Gasteiger partial charge in [0, 0.05) is 12.5 Å². The van der Waals surface area contributed by atoms with Crippen LogP contribution in [-0.4, -0.2) is 11.1 Å². The van der Waals surface area contributed by atoms with Crippen LogP contribution in [0.3, 0.4) is 0 Å². The van der Waals surface area contributed by atoms with Crippen molar-refractivity contribution in [3.8, 4) is 11.8 Å². The molecule has 0 aliphatic carbocycles. The van der Waals surface area contributed by atoms with Gasteiger partial charge in [0.15, 0.2) is 0 Å². The summed E-state index contributed by atoms with van der Waals surface area (Å²) >= 11 is 5.29. The van der Waals surface area contributed by atoms with Gasteiger partial charge in [-0.3, -0.25) is 0 Å². The fourth-order valence-electron chi connectivity index (χ4n) is 0.513. The van der Waals surface area contributed by atoms with E-state index in [2.05, 4.69) is 18.8 Å². The first-order chi connectivity index (χ1) is 5.68. The molecule has 0 fully saturated rings. The number of halogens is 1. The first-order valence-corrected chi connectivity index (χ1v) is 4.13. The van der Waals surface area contributed by atoms with Crippen molar-refractivity contribution in [2.75, 3.05) is 0 Å². The summed E-state index contributed by atoms with van der Waals surface area (Å²) in [5.74, 6) is 4.24. The smallest absolute Gasteiger partial charge is 0.347 e. The van der Waals surface area contributed by atoms with Crippen LogP contribution >= 0.6 is 11.6 Å². The van der Waals surface area contributed by atoms with Crippen molar-refractivity contribution in [1.82, 2.24) is 0 Å². The lowest BCUT2D eigenvalue weighted by Crippen LogP contribution is -1.92. The zero-order valence-corrected chi connectivity index (χ0v) is 7.69. The minimum atomic E-state index is -1.14. The molecule has 0 spiro atoms. The van der Waals surface area contributed by atoms with E-state index in [9.17, 15) is 4.79 Å². The second-order valence-electron chi connectivity index (χ2n) is 2.22. The average molecular weight is 187 g/mol. The predicted octanol–water partition coefficient (Wildman–Crippen LogP) is 2.39. The molecule has 0 aromatic carbocycles. The molecule has 0 atom stereocenters. The largest absolute Gasteiger partial charge is 0.477 e. The fraction of sp³-hybridized carbons (Fsp3) is 0.444. The Morgan fingerprint density at radius 2 is 2.33 bits per heavy atom. The Morgan fingerprint density at radius 1 is 1.67 bits per heavy atom. The van der Waals surface area contributed by atoms with Crippen LogP contribution in [-0.2, 0) is 4.79 Å². The third-order valence-corrected chi connectivity index (χ3v) is 1.43. The number of aliphatic carboxylic acids is 1. The van der Waals surface area contributed by atoms with E-state index in [0.717, 1.165) is 19.3 Å². The highest BCUT2D eigenvalue weighted by Gasteiger charge is 1.98. The molecule has 0 amide bonds. The molecule has 1 N–H and O–H groups in total. The highest BCUT2D eigenvalue weighted by Crippen LogP contribution is 1.99. The molecule has 0 aromatic rings. The number of hydrogen-bond acceptors (Lipinski definition) is 1. The van der Waals surface area contributed by atoms with E-state index >= 15 is 0 Å². The van der Waals surface area contributed by atoms with E-state index in [1.165, 1.54) is 6.08 Å². The Kier molecular flexibility index (Phi) is 6.22. The van der Waals surface area contributed by atoms with Crippen molar-refractivity contribution in [2.45, 2.75) is 26.2 Å². The minimum absolute atomic E-state index is 0.237. The molecule has 0 aliphatic heterocycles. The standard InChI is InChI=1S/C9H11ClO2/c1-2-3-4-5-6-7-8(10)9(11)12/h7H,2-4H2,1H3,(H,11,12)/b8-7+. The van der Waals surface area contributed by atoms with Gasteiger partial charge >= 0.3 is 5.97 Å². The van der Waals surface area contributed by atoms with Gasteiger partial charge in [-0.05, 0) is 6.42 Å². The lowest BCUT2D eigenvalue weighted by molar-refractivity contribution is -0.131. The number of allylic oxidation sites excluding steroid dienone is 1. The van der Waals surface area contributed by atoms with E-state index < -0.39 is 5.97 Å². The summed E-state index contributed by atoms with van der Waals surface area (Å²) in [6, 6.07) is 0. The third kappa shape index (κ3) is 5.82. The van der Waals surface area contributed by atoms with Gasteiger partial charge in [-0.1, -0.05) is 36.8 Å². The van der Waals surface area contributed by atoms with Crippen molar-refractivity contribution < 1.29 is 9.90 Å². The molecular weight excluding hydrogens is 176 g/mol. The Morgan fingerprint density at radius 3 is 2.83 bits per heavy atom. The molecule has 0 radical (unpaired) electrons. The van der Waals surface area contributed by atoms with Crippen molar-refractivity contribution in [1.29, 1.82) is 0 Å². The maximum absolute atomic E-state index is 10.2. The van der Waals surface area contributed by atoms with Gasteiger partial charge in [-0.25, -0.2) is 4.79 Å². The Bertz CT molecular complexity index is 233. The van der Waals surface area contributed by atoms with E-state index in [1.54, 1.807) is 0 Å². The molecule has 0 bridgehead atoms. The molecule has 66 valence electrons. The normalized spacial score (nSPS) is 10.3. The summed E-state index contributed by atoms with van der Waals surface area (Å²) < 4.78 is 0. The molecular formula is C9H11ClO2. The zero-order chi connectivity index (χ0) is 9.40. The summed E-state index contributed by atoms with van der Waals surface area (Å²) in [6.45, 7) is 2.07. The summed E-state index contributed by atoms with van der Waals surface area (Å²) in [5, 5.41) is 8.08. The molecule has 12 heavy (non-hydrogen) atoms. The number of rotatable bonds is 3. The first-order valence-electron chi connectivity index (χ1n) is 3.75. The number of carboxylic acids is 1. The first kappa shape index (κ1) is 11.1. The molecule has 0 aliphatic rings. The van der Waals surface area contributed by atoms with E-state index in [-0.39, 0.29) is 5.03 Å². The fourth-order valence-corrected chi connectivity index (χ4v) is 0.568. The Labute approximate surface area is 77.2 Å². The predicted molar refractivity (Wildman–Crippen MR) is 48.9 cm³/mol. The van der Waals surface area contributed by atoms with Gasteiger partial charge in [0.1, 0.15) is 5.03 Å². The second kappa shape index (κ2) is 6.75. The maximum atomic E-state index is 10.2. The van der Waals surface area contributed by atoms with Crippen LogP contribution in [0.1, 0.15) is 26.2 Å². The van der Waals surface area contributed by atoms with E-state index in [1.807, 2.05) is 0 Å². The van der Waals surface area contributed by atoms with Gasteiger partial charge < -0.3 is 5.11 Å². The highest BCUT2D eigenvalue weighted by molar-refractivity contribution is 6.41. The molecule has 0 unspecified atom stereocenters. The maximum Gasteiger partial charge on any atom is 0.347 e. The molecule has 0 aromatic heterocycles. The number of carbonyl (C=O) groups is 1. The average Bonchev–Trinajstić information content (AvgIpc) is 2.03. The molecule has 0 saturated carbocycles.